The Morgan fingerprint density at radius 3 is 2.72 bits per heavy atom. The number of ether oxygens (including phenoxy) is 1. The molecule has 1 N–H and O–H groups in total. The number of nitrogens with zero attached hydrogens (tertiary/aromatic N) is 4. The van der Waals surface area contributed by atoms with Gasteiger partial charge in [0.15, 0.2) is 5.82 Å². The molecule has 1 aromatic heterocycles. The predicted octanol–water partition coefficient (Wildman–Crippen LogP) is 0.850. The first kappa shape index (κ1) is 14.6. The van der Waals surface area contributed by atoms with Crippen molar-refractivity contribution in [3.8, 4) is 0 Å². The van der Waals surface area contributed by atoms with Crippen LogP contribution < -0.4 is 0 Å². The van der Waals surface area contributed by atoms with Gasteiger partial charge in [-0.3, -0.25) is 4.79 Å². The van der Waals surface area contributed by atoms with Crippen LogP contribution >= 0.6 is 0 Å². The standard InChI is InChI=1S/C11H20N4O3/c1-5-11(2,3)10-12-13-14-15(10)7-8(18-4)6-9(16)17/h8H,5-7H2,1-4H3,(H,16,17). The first-order valence-corrected chi connectivity index (χ1v) is 5.92. The number of carbonyl (C=O) groups is 1. The molecule has 0 amide bonds. The fourth-order valence-electron chi connectivity index (χ4n) is 1.58. The summed E-state index contributed by atoms with van der Waals surface area (Å²) >= 11 is 0. The Hall–Kier alpha value is -1.50. The Morgan fingerprint density at radius 2 is 2.22 bits per heavy atom. The monoisotopic (exact) mass is 256 g/mol. The lowest BCUT2D eigenvalue weighted by Crippen LogP contribution is -2.28. The molecule has 1 unspecified atom stereocenters. The van der Waals surface area contributed by atoms with E-state index in [0.29, 0.717) is 6.54 Å². The molecule has 102 valence electrons. The minimum absolute atomic E-state index is 0.0671. The number of rotatable bonds is 7. The zero-order chi connectivity index (χ0) is 13.8. The summed E-state index contributed by atoms with van der Waals surface area (Å²) in [6.07, 6.45) is 0.393. The topological polar surface area (TPSA) is 90.1 Å². The summed E-state index contributed by atoms with van der Waals surface area (Å²) in [6.45, 7) is 6.50. The van der Waals surface area contributed by atoms with E-state index in [9.17, 15) is 4.79 Å². The minimum Gasteiger partial charge on any atom is -0.481 e. The van der Waals surface area contributed by atoms with Crippen LogP contribution in [-0.2, 0) is 21.5 Å². The van der Waals surface area contributed by atoms with E-state index in [-0.39, 0.29) is 11.8 Å². The average molecular weight is 256 g/mol. The van der Waals surface area contributed by atoms with Crippen molar-refractivity contribution in [1.29, 1.82) is 0 Å². The first-order valence-electron chi connectivity index (χ1n) is 5.92. The second-order valence-electron chi connectivity index (χ2n) is 4.88. The normalized spacial score (nSPS) is 13.6. The molecule has 7 nitrogen and oxygen atoms in total. The number of hydrogen-bond donors (Lipinski definition) is 1. The summed E-state index contributed by atoms with van der Waals surface area (Å²) in [4.78, 5) is 10.7. The van der Waals surface area contributed by atoms with Crippen LogP contribution in [-0.4, -0.2) is 44.5 Å². The Kier molecular flexibility index (Phi) is 4.77. The van der Waals surface area contributed by atoms with E-state index in [2.05, 4.69) is 22.4 Å². The number of tetrazole rings is 1. The summed E-state index contributed by atoms with van der Waals surface area (Å²) in [5.41, 5.74) is -0.148. The molecule has 0 radical (unpaired) electrons. The lowest BCUT2D eigenvalue weighted by atomic mass is 9.89. The SMILES string of the molecule is CCC(C)(C)c1nnnn1CC(CC(=O)O)OC. The fourth-order valence-corrected chi connectivity index (χ4v) is 1.58. The predicted molar refractivity (Wildman–Crippen MR) is 64.2 cm³/mol. The Balaban J connectivity index is 2.84. The number of aliphatic carboxylic acids is 1. The Morgan fingerprint density at radius 1 is 1.56 bits per heavy atom. The third-order valence-electron chi connectivity index (χ3n) is 3.13. The molecule has 1 atom stereocenters. The largest absolute Gasteiger partial charge is 0.481 e. The van der Waals surface area contributed by atoms with Crippen LogP contribution in [0.4, 0.5) is 0 Å². The van der Waals surface area contributed by atoms with Crippen molar-refractivity contribution < 1.29 is 14.6 Å². The summed E-state index contributed by atoms with van der Waals surface area (Å²) in [6, 6.07) is 0. The number of methoxy groups -OCH3 is 1. The smallest absolute Gasteiger partial charge is 0.306 e. The van der Waals surface area contributed by atoms with Gasteiger partial charge >= 0.3 is 5.97 Å². The van der Waals surface area contributed by atoms with Crippen LogP contribution in [0.25, 0.3) is 0 Å². The van der Waals surface area contributed by atoms with Crippen LogP contribution in [0.3, 0.4) is 0 Å². The minimum atomic E-state index is -0.897. The first-order chi connectivity index (χ1) is 8.40. The van der Waals surface area contributed by atoms with Crippen molar-refractivity contribution in [2.45, 2.75) is 51.7 Å². The van der Waals surface area contributed by atoms with E-state index in [4.69, 9.17) is 9.84 Å². The van der Waals surface area contributed by atoms with Crippen molar-refractivity contribution in [2.75, 3.05) is 7.11 Å². The molecule has 0 saturated heterocycles. The van der Waals surface area contributed by atoms with Crippen LogP contribution in [0.1, 0.15) is 39.4 Å². The molecule has 18 heavy (non-hydrogen) atoms. The molecule has 0 bridgehead atoms. The Labute approximate surface area is 106 Å². The van der Waals surface area contributed by atoms with Gasteiger partial charge in [-0.15, -0.1) is 5.10 Å². The van der Waals surface area contributed by atoms with E-state index < -0.39 is 12.1 Å². The van der Waals surface area contributed by atoms with Crippen molar-refractivity contribution in [1.82, 2.24) is 20.2 Å². The second-order valence-corrected chi connectivity index (χ2v) is 4.88. The van der Waals surface area contributed by atoms with Crippen LogP contribution in [0.5, 0.6) is 0 Å². The van der Waals surface area contributed by atoms with E-state index in [1.165, 1.54) is 7.11 Å². The van der Waals surface area contributed by atoms with Crippen molar-refractivity contribution in [3.63, 3.8) is 0 Å². The van der Waals surface area contributed by atoms with Crippen LogP contribution in [0.15, 0.2) is 0 Å². The molecule has 7 heteroatoms. The zero-order valence-corrected chi connectivity index (χ0v) is 11.3. The van der Waals surface area contributed by atoms with Gasteiger partial charge in [0, 0.05) is 12.5 Å². The molecule has 0 spiro atoms. The fraction of sp³-hybridized carbons (Fsp3) is 0.818. The number of carboxylic acid groups (broad SMARTS) is 1. The van der Waals surface area contributed by atoms with Crippen molar-refractivity contribution >= 4 is 5.97 Å². The van der Waals surface area contributed by atoms with Gasteiger partial charge < -0.3 is 9.84 Å². The molecule has 0 aliphatic heterocycles. The van der Waals surface area contributed by atoms with E-state index in [1.54, 1.807) is 4.68 Å². The van der Waals surface area contributed by atoms with E-state index in [1.807, 2.05) is 13.8 Å². The van der Waals surface area contributed by atoms with Gasteiger partial charge in [0.1, 0.15) is 0 Å². The number of carboxylic acids is 1. The molecule has 1 rings (SSSR count). The highest BCUT2D eigenvalue weighted by Gasteiger charge is 2.27. The molecule has 0 aliphatic rings. The van der Waals surface area contributed by atoms with Gasteiger partial charge in [-0.25, -0.2) is 4.68 Å². The van der Waals surface area contributed by atoms with Gasteiger partial charge in [-0.1, -0.05) is 20.8 Å². The van der Waals surface area contributed by atoms with Gasteiger partial charge in [0.2, 0.25) is 0 Å². The molecule has 1 heterocycles. The molecular formula is C11H20N4O3. The number of hydrogen-bond acceptors (Lipinski definition) is 5. The van der Waals surface area contributed by atoms with Crippen molar-refractivity contribution in [3.05, 3.63) is 5.82 Å². The summed E-state index contributed by atoms with van der Waals surface area (Å²) in [7, 11) is 1.49. The number of aromatic nitrogens is 4. The molecule has 0 aromatic carbocycles. The van der Waals surface area contributed by atoms with Gasteiger partial charge in [0.05, 0.1) is 19.1 Å². The molecular weight excluding hydrogens is 236 g/mol. The van der Waals surface area contributed by atoms with Gasteiger partial charge in [-0.05, 0) is 16.8 Å². The highest BCUT2D eigenvalue weighted by molar-refractivity contribution is 5.67. The quantitative estimate of drug-likeness (QED) is 0.777. The maximum atomic E-state index is 10.7. The highest BCUT2D eigenvalue weighted by Crippen LogP contribution is 2.24. The second kappa shape index (κ2) is 5.90. The lowest BCUT2D eigenvalue weighted by molar-refractivity contribution is -0.140. The highest BCUT2D eigenvalue weighted by atomic mass is 16.5. The van der Waals surface area contributed by atoms with Crippen LogP contribution in [0, 0.1) is 0 Å². The average Bonchev–Trinajstić information content (AvgIpc) is 2.76. The summed E-state index contributed by atoms with van der Waals surface area (Å²) < 4.78 is 6.76. The van der Waals surface area contributed by atoms with Gasteiger partial charge in [0.25, 0.3) is 0 Å². The van der Waals surface area contributed by atoms with E-state index >= 15 is 0 Å². The van der Waals surface area contributed by atoms with Gasteiger partial charge in [-0.2, -0.15) is 0 Å². The Bertz CT molecular complexity index is 403. The summed E-state index contributed by atoms with van der Waals surface area (Å²) in [5, 5.41) is 20.4. The van der Waals surface area contributed by atoms with E-state index in [0.717, 1.165) is 12.2 Å². The lowest BCUT2D eigenvalue weighted by Gasteiger charge is -2.22. The third kappa shape index (κ3) is 3.49. The van der Waals surface area contributed by atoms with Crippen LogP contribution in [0.2, 0.25) is 0 Å². The summed E-state index contributed by atoms with van der Waals surface area (Å²) in [5.74, 6) is -0.149. The zero-order valence-electron chi connectivity index (χ0n) is 11.3. The molecule has 0 fully saturated rings. The molecule has 0 aliphatic carbocycles. The maximum absolute atomic E-state index is 10.7. The maximum Gasteiger partial charge on any atom is 0.306 e. The molecule has 1 aromatic rings. The molecule has 0 saturated carbocycles. The third-order valence-corrected chi connectivity index (χ3v) is 3.13. The van der Waals surface area contributed by atoms with Crippen molar-refractivity contribution in [2.24, 2.45) is 0 Å².